The molecular weight excluding hydrogens is 277 g/mol. The van der Waals surface area contributed by atoms with Gasteiger partial charge in [-0.15, -0.1) is 0 Å². The standard InChI is InChI=1S/C12H13F3N2O3/c1-20-10(18)6-16-9-5-3-2-4-8(9)11(19)17-7-12(13,14)15/h2-5,16H,6-7H2,1H3,(H,17,19). The number of ether oxygens (including phenoxy) is 1. The molecular formula is C12H13F3N2O3. The lowest BCUT2D eigenvalue weighted by molar-refractivity contribution is -0.138. The fourth-order valence-corrected chi connectivity index (χ4v) is 1.35. The predicted octanol–water partition coefficient (Wildman–Crippen LogP) is 1.56. The molecule has 2 N–H and O–H groups in total. The number of anilines is 1. The van der Waals surface area contributed by atoms with Gasteiger partial charge in [-0.1, -0.05) is 12.1 Å². The van der Waals surface area contributed by atoms with Gasteiger partial charge in [-0.2, -0.15) is 13.2 Å². The maximum absolute atomic E-state index is 12.0. The Morgan fingerprint density at radius 3 is 2.50 bits per heavy atom. The number of carbonyl (C=O) groups is 2. The monoisotopic (exact) mass is 290 g/mol. The minimum atomic E-state index is -4.48. The zero-order valence-corrected chi connectivity index (χ0v) is 10.6. The summed E-state index contributed by atoms with van der Waals surface area (Å²) < 4.78 is 40.5. The molecule has 110 valence electrons. The molecule has 0 unspecified atom stereocenters. The zero-order chi connectivity index (χ0) is 15.2. The second-order valence-electron chi connectivity index (χ2n) is 3.77. The smallest absolute Gasteiger partial charge is 0.405 e. The number of para-hydroxylation sites is 1. The molecule has 1 aromatic carbocycles. The van der Waals surface area contributed by atoms with E-state index in [4.69, 9.17) is 0 Å². The molecule has 0 aliphatic rings. The van der Waals surface area contributed by atoms with E-state index in [-0.39, 0.29) is 17.8 Å². The summed E-state index contributed by atoms with van der Waals surface area (Å²) in [5.74, 6) is -1.44. The van der Waals surface area contributed by atoms with Crippen molar-refractivity contribution in [1.82, 2.24) is 5.32 Å². The van der Waals surface area contributed by atoms with Gasteiger partial charge in [0.15, 0.2) is 0 Å². The highest BCUT2D eigenvalue weighted by molar-refractivity contribution is 6.00. The number of halogens is 3. The number of hydrogen-bond donors (Lipinski definition) is 2. The normalized spacial score (nSPS) is 10.8. The van der Waals surface area contributed by atoms with Crippen LogP contribution in [0.5, 0.6) is 0 Å². The maximum atomic E-state index is 12.0. The van der Waals surface area contributed by atoms with Crippen molar-refractivity contribution in [3.8, 4) is 0 Å². The van der Waals surface area contributed by atoms with Gasteiger partial charge < -0.3 is 15.4 Å². The number of amides is 1. The Kier molecular flexibility index (Phi) is 5.36. The SMILES string of the molecule is COC(=O)CNc1ccccc1C(=O)NCC(F)(F)F. The van der Waals surface area contributed by atoms with Crippen LogP contribution in [0.15, 0.2) is 24.3 Å². The topological polar surface area (TPSA) is 67.4 Å². The van der Waals surface area contributed by atoms with Gasteiger partial charge in [0.25, 0.3) is 5.91 Å². The molecule has 0 saturated heterocycles. The van der Waals surface area contributed by atoms with Crippen molar-refractivity contribution < 1.29 is 27.5 Å². The van der Waals surface area contributed by atoms with Crippen LogP contribution in [0.3, 0.4) is 0 Å². The maximum Gasteiger partial charge on any atom is 0.405 e. The first-order valence-corrected chi connectivity index (χ1v) is 5.58. The van der Waals surface area contributed by atoms with E-state index in [1.54, 1.807) is 11.4 Å². The quantitative estimate of drug-likeness (QED) is 0.808. The Bertz CT molecular complexity index is 489. The lowest BCUT2D eigenvalue weighted by Crippen LogP contribution is -2.34. The Labute approximate surface area is 113 Å². The van der Waals surface area contributed by atoms with Crippen LogP contribution < -0.4 is 10.6 Å². The molecule has 0 atom stereocenters. The minimum absolute atomic E-state index is 0.0145. The number of rotatable bonds is 5. The second kappa shape index (κ2) is 6.78. The molecule has 0 aliphatic heterocycles. The first kappa shape index (κ1) is 15.8. The molecule has 5 nitrogen and oxygen atoms in total. The molecule has 0 heterocycles. The van der Waals surface area contributed by atoms with E-state index in [0.29, 0.717) is 0 Å². The summed E-state index contributed by atoms with van der Waals surface area (Å²) in [7, 11) is 1.20. The van der Waals surface area contributed by atoms with Crippen molar-refractivity contribution in [2.24, 2.45) is 0 Å². The van der Waals surface area contributed by atoms with Crippen molar-refractivity contribution in [2.75, 3.05) is 25.5 Å². The third-order valence-corrected chi connectivity index (χ3v) is 2.27. The highest BCUT2D eigenvalue weighted by Crippen LogP contribution is 2.16. The number of alkyl halides is 3. The third kappa shape index (κ3) is 5.17. The first-order chi connectivity index (χ1) is 9.33. The molecule has 1 amide bonds. The van der Waals surface area contributed by atoms with Crippen LogP contribution >= 0.6 is 0 Å². The molecule has 20 heavy (non-hydrogen) atoms. The van der Waals surface area contributed by atoms with Gasteiger partial charge in [-0.05, 0) is 12.1 Å². The fraction of sp³-hybridized carbons (Fsp3) is 0.333. The number of hydrogen-bond acceptors (Lipinski definition) is 4. The summed E-state index contributed by atoms with van der Waals surface area (Å²) >= 11 is 0. The summed E-state index contributed by atoms with van der Waals surface area (Å²) in [6.07, 6.45) is -4.48. The highest BCUT2D eigenvalue weighted by atomic mass is 19.4. The van der Waals surface area contributed by atoms with Gasteiger partial charge in [-0.3, -0.25) is 9.59 Å². The van der Waals surface area contributed by atoms with E-state index in [1.165, 1.54) is 25.3 Å². The molecule has 1 aromatic rings. The Hall–Kier alpha value is -2.25. The van der Waals surface area contributed by atoms with E-state index in [0.717, 1.165) is 0 Å². The van der Waals surface area contributed by atoms with Crippen molar-refractivity contribution in [3.63, 3.8) is 0 Å². The molecule has 0 spiro atoms. The molecule has 0 radical (unpaired) electrons. The van der Waals surface area contributed by atoms with Gasteiger partial charge in [0.05, 0.1) is 12.7 Å². The van der Waals surface area contributed by atoms with Crippen molar-refractivity contribution in [3.05, 3.63) is 29.8 Å². The number of esters is 1. The predicted molar refractivity (Wildman–Crippen MR) is 65.3 cm³/mol. The summed E-state index contributed by atoms with van der Waals surface area (Å²) in [5.41, 5.74) is 0.262. The number of nitrogens with one attached hydrogen (secondary N) is 2. The number of methoxy groups -OCH3 is 1. The lowest BCUT2D eigenvalue weighted by atomic mass is 10.1. The van der Waals surface area contributed by atoms with Gasteiger partial charge in [0, 0.05) is 5.69 Å². The van der Waals surface area contributed by atoms with Crippen molar-refractivity contribution in [1.29, 1.82) is 0 Å². The molecule has 8 heteroatoms. The first-order valence-electron chi connectivity index (χ1n) is 5.58. The highest BCUT2D eigenvalue weighted by Gasteiger charge is 2.28. The zero-order valence-electron chi connectivity index (χ0n) is 10.6. The fourth-order valence-electron chi connectivity index (χ4n) is 1.35. The minimum Gasteiger partial charge on any atom is -0.468 e. The number of carbonyl (C=O) groups excluding carboxylic acids is 2. The van der Waals surface area contributed by atoms with Crippen LogP contribution in [0, 0.1) is 0 Å². The van der Waals surface area contributed by atoms with Crippen molar-refractivity contribution in [2.45, 2.75) is 6.18 Å². The summed E-state index contributed by atoms with van der Waals surface area (Å²) in [6, 6.07) is 5.92. The Morgan fingerprint density at radius 1 is 1.25 bits per heavy atom. The summed E-state index contributed by atoms with van der Waals surface area (Å²) in [4.78, 5) is 22.6. The van der Waals surface area contributed by atoms with E-state index < -0.39 is 24.6 Å². The van der Waals surface area contributed by atoms with Crippen LogP contribution in [0.1, 0.15) is 10.4 Å². The molecule has 0 fully saturated rings. The van der Waals surface area contributed by atoms with Gasteiger partial charge >= 0.3 is 12.1 Å². The average molecular weight is 290 g/mol. The average Bonchev–Trinajstić information content (AvgIpc) is 2.41. The number of benzene rings is 1. The Balaban J connectivity index is 2.74. The van der Waals surface area contributed by atoms with Crippen molar-refractivity contribution >= 4 is 17.6 Å². The lowest BCUT2D eigenvalue weighted by Gasteiger charge is -2.12. The van der Waals surface area contributed by atoms with Crippen LogP contribution in [0.4, 0.5) is 18.9 Å². The molecule has 0 bridgehead atoms. The summed E-state index contributed by atoms with van der Waals surface area (Å²) in [5, 5.41) is 4.39. The second-order valence-corrected chi connectivity index (χ2v) is 3.77. The van der Waals surface area contributed by atoms with E-state index >= 15 is 0 Å². The van der Waals surface area contributed by atoms with Gasteiger partial charge in [0.1, 0.15) is 13.1 Å². The molecule has 1 rings (SSSR count). The van der Waals surface area contributed by atoms with Crippen LogP contribution in [0.25, 0.3) is 0 Å². The van der Waals surface area contributed by atoms with E-state index in [9.17, 15) is 22.8 Å². The summed E-state index contributed by atoms with van der Waals surface area (Å²) in [6.45, 7) is -1.61. The van der Waals surface area contributed by atoms with Gasteiger partial charge in [-0.25, -0.2) is 0 Å². The molecule has 0 aliphatic carbocycles. The van der Waals surface area contributed by atoms with Crippen LogP contribution in [-0.2, 0) is 9.53 Å². The van der Waals surface area contributed by atoms with Crippen LogP contribution in [-0.4, -0.2) is 38.3 Å². The van der Waals surface area contributed by atoms with E-state index in [2.05, 4.69) is 10.1 Å². The Morgan fingerprint density at radius 2 is 1.90 bits per heavy atom. The van der Waals surface area contributed by atoms with Crippen LogP contribution in [0.2, 0.25) is 0 Å². The third-order valence-electron chi connectivity index (χ3n) is 2.27. The molecule has 0 saturated carbocycles. The van der Waals surface area contributed by atoms with Gasteiger partial charge in [0.2, 0.25) is 0 Å². The largest absolute Gasteiger partial charge is 0.468 e. The molecule has 0 aromatic heterocycles. The van der Waals surface area contributed by atoms with E-state index in [1.807, 2.05) is 0 Å².